The minimum absolute atomic E-state index is 0.0965. The molecule has 1 aliphatic rings. The van der Waals surface area contributed by atoms with Crippen molar-refractivity contribution in [3.05, 3.63) is 69.7 Å². The zero-order valence-electron chi connectivity index (χ0n) is 17.3. The monoisotopic (exact) mass is 529 g/mol. The van der Waals surface area contributed by atoms with Crippen molar-refractivity contribution in [3.8, 4) is 5.69 Å². The van der Waals surface area contributed by atoms with Crippen molar-refractivity contribution < 1.29 is 14.3 Å². The maximum absolute atomic E-state index is 12.9. The molecule has 4 heterocycles. The molecular formula is C21H17BrClN7O3. The number of anilines is 1. The molecule has 2 amide bonds. The second kappa shape index (κ2) is 8.49. The molecule has 0 aliphatic carbocycles. The summed E-state index contributed by atoms with van der Waals surface area (Å²) in [4.78, 5) is 27.5. The Bertz CT molecular complexity index is 1380. The summed E-state index contributed by atoms with van der Waals surface area (Å²) in [6.07, 6.45) is 4.59. The summed E-state index contributed by atoms with van der Waals surface area (Å²) in [5.41, 5.74) is 2.90. The molecule has 0 spiro atoms. The molecule has 0 bridgehead atoms. The lowest BCUT2D eigenvalue weighted by Gasteiger charge is -2.36. The van der Waals surface area contributed by atoms with E-state index in [0.717, 1.165) is 10.2 Å². The quantitative estimate of drug-likeness (QED) is 0.431. The van der Waals surface area contributed by atoms with Crippen LogP contribution in [0.15, 0.2) is 53.4 Å². The fourth-order valence-electron chi connectivity index (χ4n) is 3.58. The Labute approximate surface area is 201 Å². The molecule has 0 unspecified atom stereocenters. The second-order valence-corrected chi connectivity index (χ2v) is 8.80. The van der Waals surface area contributed by atoms with Gasteiger partial charge in [-0.1, -0.05) is 27.5 Å². The van der Waals surface area contributed by atoms with Crippen molar-refractivity contribution in [1.29, 1.82) is 0 Å². The Morgan fingerprint density at radius 1 is 1.18 bits per heavy atom. The van der Waals surface area contributed by atoms with Gasteiger partial charge in [-0.05, 0) is 30.3 Å². The largest absolute Gasteiger partial charge is 0.453 e. The van der Waals surface area contributed by atoms with Crippen LogP contribution in [0.4, 0.5) is 10.5 Å². The lowest BCUT2D eigenvalue weighted by Crippen LogP contribution is -2.48. The Balaban J connectivity index is 1.35. The number of pyridine rings is 1. The molecule has 168 valence electrons. The maximum Gasteiger partial charge on any atom is 0.409 e. The van der Waals surface area contributed by atoms with Crippen molar-refractivity contribution in [3.63, 3.8) is 0 Å². The van der Waals surface area contributed by atoms with Gasteiger partial charge in [0.1, 0.15) is 0 Å². The zero-order chi connectivity index (χ0) is 23.1. The molecular weight excluding hydrogens is 514 g/mol. The number of nitrogens with zero attached hydrogens (tertiary/aromatic N) is 6. The van der Waals surface area contributed by atoms with Crippen LogP contribution in [0.5, 0.6) is 0 Å². The lowest BCUT2D eigenvalue weighted by atomic mass is 9.98. The van der Waals surface area contributed by atoms with Gasteiger partial charge in [-0.3, -0.25) is 4.79 Å². The highest BCUT2D eigenvalue weighted by molar-refractivity contribution is 9.10. The fraction of sp³-hybridized carbons (Fsp3) is 0.190. The Hall–Kier alpha value is -3.44. The summed E-state index contributed by atoms with van der Waals surface area (Å²) >= 11 is 9.75. The summed E-state index contributed by atoms with van der Waals surface area (Å²) in [5, 5.41) is 16.3. The first-order valence-corrected chi connectivity index (χ1v) is 11.1. The van der Waals surface area contributed by atoms with Gasteiger partial charge in [-0.25, -0.2) is 9.31 Å². The van der Waals surface area contributed by atoms with Crippen LogP contribution >= 0.6 is 27.5 Å². The third-order valence-corrected chi connectivity index (χ3v) is 6.22. The van der Waals surface area contributed by atoms with Crippen molar-refractivity contribution in [2.45, 2.75) is 5.92 Å². The number of carbonyl (C=O) groups excluding carboxylic acids is 2. The SMILES string of the molecule is COC(=O)N1CC(c2cnn(-c3ccc(Cl)c(NC(=O)c4cnn5ccc(Br)cc45)c3)n2)C1. The molecule has 1 aromatic carbocycles. The first-order chi connectivity index (χ1) is 15.9. The summed E-state index contributed by atoms with van der Waals surface area (Å²) in [5.74, 6) is -0.243. The molecule has 10 nitrogen and oxygen atoms in total. The first kappa shape index (κ1) is 21.4. The topological polar surface area (TPSA) is 107 Å². The highest BCUT2D eigenvalue weighted by Gasteiger charge is 2.34. The Morgan fingerprint density at radius 3 is 2.79 bits per heavy atom. The van der Waals surface area contributed by atoms with Gasteiger partial charge in [-0.15, -0.1) is 0 Å². The van der Waals surface area contributed by atoms with Gasteiger partial charge in [0, 0.05) is 29.7 Å². The van der Waals surface area contributed by atoms with Crippen LogP contribution in [-0.2, 0) is 4.74 Å². The van der Waals surface area contributed by atoms with E-state index in [1.807, 2.05) is 12.1 Å². The lowest BCUT2D eigenvalue weighted by molar-refractivity contribution is 0.0871. The number of halogens is 2. The normalized spacial score (nSPS) is 13.7. The van der Waals surface area contributed by atoms with E-state index in [0.29, 0.717) is 40.6 Å². The van der Waals surface area contributed by atoms with Crippen molar-refractivity contribution in [2.75, 3.05) is 25.5 Å². The smallest absolute Gasteiger partial charge is 0.409 e. The third kappa shape index (κ3) is 4.05. The Morgan fingerprint density at radius 2 is 2.00 bits per heavy atom. The van der Waals surface area contributed by atoms with E-state index in [2.05, 4.69) is 36.5 Å². The molecule has 1 fully saturated rings. The van der Waals surface area contributed by atoms with Gasteiger partial charge in [-0.2, -0.15) is 20.1 Å². The van der Waals surface area contributed by atoms with Crippen molar-refractivity contribution in [1.82, 2.24) is 29.5 Å². The molecule has 0 radical (unpaired) electrons. The number of hydrogen-bond acceptors (Lipinski definition) is 6. The molecule has 1 N–H and O–H groups in total. The fourth-order valence-corrected chi connectivity index (χ4v) is 4.08. The average molecular weight is 531 g/mol. The molecule has 0 saturated carbocycles. The third-order valence-electron chi connectivity index (χ3n) is 5.40. The van der Waals surface area contributed by atoms with Crippen molar-refractivity contribution >= 4 is 50.7 Å². The van der Waals surface area contributed by atoms with Crippen LogP contribution in [0.25, 0.3) is 11.2 Å². The van der Waals surface area contributed by atoms with Crippen molar-refractivity contribution in [2.24, 2.45) is 0 Å². The molecule has 33 heavy (non-hydrogen) atoms. The number of methoxy groups -OCH3 is 1. The van der Waals surface area contributed by atoms with E-state index in [1.54, 1.807) is 40.0 Å². The van der Waals surface area contributed by atoms with Gasteiger partial charge < -0.3 is 15.0 Å². The maximum atomic E-state index is 12.9. The number of benzene rings is 1. The van der Waals surface area contributed by atoms with E-state index < -0.39 is 0 Å². The van der Waals surface area contributed by atoms with Gasteiger partial charge in [0.15, 0.2) is 0 Å². The predicted octanol–water partition coefficient (Wildman–Crippen LogP) is 3.75. The van der Waals surface area contributed by atoms with E-state index >= 15 is 0 Å². The number of hydrogen-bond donors (Lipinski definition) is 1. The Kier molecular flexibility index (Phi) is 5.51. The summed E-state index contributed by atoms with van der Waals surface area (Å²) in [7, 11) is 1.36. The molecule has 12 heteroatoms. The van der Waals surface area contributed by atoms with E-state index in [4.69, 9.17) is 16.3 Å². The van der Waals surface area contributed by atoms with Crippen LogP contribution < -0.4 is 5.32 Å². The molecule has 5 rings (SSSR count). The molecule has 4 aromatic rings. The highest BCUT2D eigenvalue weighted by Crippen LogP contribution is 2.28. The van der Waals surface area contributed by atoms with Crippen LogP contribution in [0.3, 0.4) is 0 Å². The van der Waals surface area contributed by atoms with Gasteiger partial charge in [0.2, 0.25) is 0 Å². The number of carbonyl (C=O) groups is 2. The number of likely N-dealkylation sites (tertiary alicyclic amines) is 1. The van der Waals surface area contributed by atoms with E-state index in [9.17, 15) is 9.59 Å². The minimum atomic E-state index is -0.352. The summed E-state index contributed by atoms with van der Waals surface area (Å²) in [6.45, 7) is 1.06. The molecule has 1 aliphatic heterocycles. The van der Waals surface area contributed by atoms with E-state index in [-0.39, 0.29) is 17.9 Å². The number of fused-ring (bicyclic) bond motifs is 1. The van der Waals surface area contributed by atoms with E-state index in [1.165, 1.54) is 18.1 Å². The highest BCUT2D eigenvalue weighted by atomic mass is 79.9. The second-order valence-electron chi connectivity index (χ2n) is 7.48. The standard InChI is InChI=1S/C21H17BrClN7O3/c1-33-21(32)28-10-12(11-28)18-9-25-30(27-18)14-2-3-16(23)17(7-14)26-20(31)15-8-24-29-5-4-13(22)6-19(15)29/h2-9,12H,10-11H2,1H3,(H,26,31). The molecule has 3 aromatic heterocycles. The molecule has 0 atom stereocenters. The van der Waals surface area contributed by atoms with Gasteiger partial charge in [0.25, 0.3) is 5.91 Å². The summed E-state index contributed by atoms with van der Waals surface area (Å²) < 4.78 is 7.18. The number of rotatable bonds is 4. The summed E-state index contributed by atoms with van der Waals surface area (Å²) in [6, 6.07) is 8.79. The zero-order valence-corrected chi connectivity index (χ0v) is 19.6. The van der Waals surface area contributed by atoms with Crippen LogP contribution in [0.1, 0.15) is 22.0 Å². The number of amides is 2. The first-order valence-electron chi connectivity index (χ1n) is 9.92. The minimum Gasteiger partial charge on any atom is -0.453 e. The number of aromatic nitrogens is 5. The van der Waals surface area contributed by atoms with Gasteiger partial charge in [0.05, 0.1) is 52.7 Å². The molecule has 1 saturated heterocycles. The van der Waals surface area contributed by atoms with Crippen LogP contribution in [0.2, 0.25) is 5.02 Å². The number of ether oxygens (including phenoxy) is 1. The van der Waals surface area contributed by atoms with Gasteiger partial charge >= 0.3 is 6.09 Å². The number of nitrogens with one attached hydrogen (secondary N) is 1. The average Bonchev–Trinajstić information content (AvgIpc) is 3.41. The van der Waals surface area contributed by atoms with Crippen LogP contribution in [-0.4, -0.2) is 61.7 Å². The predicted molar refractivity (Wildman–Crippen MR) is 124 cm³/mol. The van der Waals surface area contributed by atoms with Crippen LogP contribution in [0, 0.1) is 0 Å².